The molecule has 3 heterocycles. The molecular weight excluding hydrogens is 306 g/mol. The van der Waals surface area contributed by atoms with E-state index in [0.717, 1.165) is 13.0 Å². The molecule has 3 rings (SSSR count). The van der Waals surface area contributed by atoms with Crippen molar-refractivity contribution in [1.82, 2.24) is 15.1 Å². The fourth-order valence-electron chi connectivity index (χ4n) is 2.73. The van der Waals surface area contributed by atoms with E-state index in [4.69, 9.17) is 4.42 Å². The second kappa shape index (κ2) is 7.47. The smallest absolute Gasteiger partial charge is 0.289 e. The number of hydrogen-bond acceptors (Lipinski definition) is 4. The average molecular weight is 326 g/mol. The fraction of sp³-hybridized carbons (Fsp3) is 0.467. The van der Waals surface area contributed by atoms with Gasteiger partial charge in [0.1, 0.15) is 6.04 Å². The Bertz CT molecular complexity index is 544. The largest absolute Gasteiger partial charge is 0.459 e. The third-order valence-electron chi connectivity index (χ3n) is 3.88. The lowest BCUT2D eigenvalue weighted by atomic mass is 10.2. The van der Waals surface area contributed by atoms with Crippen molar-refractivity contribution in [3.8, 4) is 0 Å². The molecular formula is C15H20ClN3O3. The van der Waals surface area contributed by atoms with Crippen LogP contribution in [-0.2, 0) is 4.79 Å². The summed E-state index contributed by atoms with van der Waals surface area (Å²) in [6, 6.07) is 3.17. The normalized spacial score (nSPS) is 21.4. The molecule has 2 amide bonds. The Hall–Kier alpha value is -1.79. The highest BCUT2D eigenvalue weighted by atomic mass is 35.5. The molecule has 0 aliphatic carbocycles. The van der Waals surface area contributed by atoms with Crippen molar-refractivity contribution >= 4 is 24.2 Å². The minimum absolute atomic E-state index is 0. The SMILES string of the molecule is Cl.O=C(c1ccco1)N1CCCN(C(=O)C2C=CCN2)CC1. The van der Waals surface area contributed by atoms with Gasteiger partial charge in [0.2, 0.25) is 5.91 Å². The number of halogens is 1. The molecule has 1 aromatic rings. The molecule has 1 saturated heterocycles. The van der Waals surface area contributed by atoms with Crippen LogP contribution in [0.3, 0.4) is 0 Å². The number of hydrogen-bond donors (Lipinski definition) is 1. The van der Waals surface area contributed by atoms with Crippen molar-refractivity contribution in [1.29, 1.82) is 0 Å². The molecule has 120 valence electrons. The van der Waals surface area contributed by atoms with Crippen molar-refractivity contribution in [3.63, 3.8) is 0 Å². The molecule has 0 saturated carbocycles. The lowest BCUT2D eigenvalue weighted by Gasteiger charge is -2.24. The molecule has 22 heavy (non-hydrogen) atoms. The van der Waals surface area contributed by atoms with Crippen LogP contribution >= 0.6 is 12.4 Å². The highest BCUT2D eigenvalue weighted by molar-refractivity contribution is 5.91. The van der Waals surface area contributed by atoms with Crippen molar-refractivity contribution < 1.29 is 14.0 Å². The average Bonchev–Trinajstić information content (AvgIpc) is 3.15. The molecule has 0 spiro atoms. The number of nitrogens with zero attached hydrogens (tertiary/aromatic N) is 2. The summed E-state index contributed by atoms with van der Waals surface area (Å²) in [5.74, 6) is 0.347. The zero-order chi connectivity index (χ0) is 14.7. The van der Waals surface area contributed by atoms with E-state index in [1.54, 1.807) is 17.0 Å². The number of furan rings is 1. The molecule has 1 N–H and O–H groups in total. The number of carbonyl (C=O) groups excluding carboxylic acids is 2. The Kier molecular flexibility index (Phi) is 5.63. The summed E-state index contributed by atoms with van der Waals surface area (Å²) in [6.07, 6.45) is 6.15. The first-order chi connectivity index (χ1) is 10.3. The zero-order valence-electron chi connectivity index (χ0n) is 12.2. The van der Waals surface area contributed by atoms with Gasteiger partial charge in [-0.1, -0.05) is 12.2 Å². The Morgan fingerprint density at radius 1 is 1.18 bits per heavy atom. The summed E-state index contributed by atoms with van der Waals surface area (Å²) in [4.78, 5) is 28.2. The van der Waals surface area contributed by atoms with Crippen LogP contribution in [0.4, 0.5) is 0 Å². The second-order valence-electron chi connectivity index (χ2n) is 5.26. The maximum Gasteiger partial charge on any atom is 0.289 e. The molecule has 6 nitrogen and oxygen atoms in total. The van der Waals surface area contributed by atoms with Crippen molar-refractivity contribution in [2.75, 3.05) is 32.7 Å². The lowest BCUT2D eigenvalue weighted by molar-refractivity contribution is -0.131. The first-order valence-corrected chi connectivity index (χ1v) is 7.27. The quantitative estimate of drug-likeness (QED) is 0.821. The summed E-state index contributed by atoms with van der Waals surface area (Å²) in [7, 11) is 0. The predicted octanol–water partition coefficient (Wildman–Crippen LogP) is 0.904. The molecule has 7 heteroatoms. The fourth-order valence-corrected chi connectivity index (χ4v) is 2.73. The number of carbonyl (C=O) groups is 2. The van der Waals surface area contributed by atoms with Gasteiger partial charge in [-0.05, 0) is 18.6 Å². The van der Waals surface area contributed by atoms with Crippen molar-refractivity contribution in [2.45, 2.75) is 12.5 Å². The molecule has 1 aromatic heterocycles. The van der Waals surface area contributed by atoms with Gasteiger partial charge in [-0.15, -0.1) is 12.4 Å². The maximum absolute atomic E-state index is 12.3. The molecule has 0 aromatic carbocycles. The minimum Gasteiger partial charge on any atom is -0.459 e. The van der Waals surface area contributed by atoms with Gasteiger partial charge >= 0.3 is 0 Å². The van der Waals surface area contributed by atoms with Crippen LogP contribution in [0.5, 0.6) is 0 Å². The molecule has 1 fully saturated rings. The third-order valence-corrected chi connectivity index (χ3v) is 3.88. The second-order valence-corrected chi connectivity index (χ2v) is 5.26. The Balaban J connectivity index is 0.00000176. The zero-order valence-corrected chi connectivity index (χ0v) is 13.1. The maximum atomic E-state index is 12.3. The summed E-state index contributed by atoms with van der Waals surface area (Å²) in [5, 5.41) is 3.13. The Morgan fingerprint density at radius 2 is 1.95 bits per heavy atom. The molecule has 1 unspecified atom stereocenters. The van der Waals surface area contributed by atoms with Gasteiger partial charge in [-0.2, -0.15) is 0 Å². The third kappa shape index (κ3) is 3.51. The van der Waals surface area contributed by atoms with E-state index in [9.17, 15) is 9.59 Å². The van der Waals surface area contributed by atoms with Crippen LogP contribution in [0.1, 0.15) is 17.0 Å². The predicted molar refractivity (Wildman–Crippen MR) is 84.0 cm³/mol. The van der Waals surface area contributed by atoms with Gasteiger partial charge in [-0.3, -0.25) is 14.9 Å². The van der Waals surface area contributed by atoms with Crippen molar-refractivity contribution in [3.05, 3.63) is 36.3 Å². The van der Waals surface area contributed by atoms with E-state index in [0.29, 0.717) is 31.9 Å². The monoisotopic (exact) mass is 325 g/mol. The molecule has 0 radical (unpaired) electrons. The van der Waals surface area contributed by atoms with E-state index in [2.05, 4.69) is 5.32 Å². The summed E-state index contributed by atoms with van der Waals surface area (Å²) >= 11 is 0. The lowest BCUT2D eigenvalue weighted by Crippen LogP contribution is -2.45. The van der Waals surface area contributed by atoms with E-state index in [1.165, 1.54) is 6.26 Å². The van der Waals surface area contributed by atoms with Crippen molar-refractivity contribution in [2.24, 2.45) is 0 Å². The van der Waals surface area contributed by atoms with Crippen LogP contribution in [0, 0.1) is 0 Å². The highest BCUT2D eigenvalue weighted by Gasteiger charge is 2.27. The number of nitrogens with one attached hydrogen (secondary N) is 1. The van der Waals surface area contributed by atoms with E-state index < -0.39 is 0 Å². The van der Waals surface area contributed by atoms with E-state index in [1.807, 2.05) is 17.1 Å². The van der Waals surface area contributed by atoms with Gasteiger partial charge in [0, 0.05) is 32.7 Å². The minimum atomic E-state index is -0.211. The van der Waals surface area contributed by atoms with E-state index in [-0.39, 0.29) is 30.3 Å². The number of amides is 2. The molecule has 1 atom stereocenters. The Labute approximate surface area is 135 Å². The standard InChI is InChI=1S/C15H19N3O3.ClH/c19-14(12-4-1-6-16-12)17-7-3-8-18(10-9-17)15(20)13-5-2-11-21-13;/h1-2,4-5,11-12,16H,3,6-10H2;1H. The first-order valence-electron chi connectivity index (χ1n) is 7.27. The summed E-state index contributed by atoms with van der Waals surface area (Å²) in [6.45, 7) is 3.19. The van der Waals surface area contributed by atoms with Gasteiger partial charge in [0.05, 0.1) is 6.26 Å². The Morgan fingerprint density at radius 3 is 2.64 bits per heavy atom. The summed E-state index contributed by atoms with van der Waals surface area (Å²) < 4.78 is 5.15. The molecule has 0 bridgehead atoms. The van der Waals surface area contributed by atoms with Crippen LogP contribution < -0.4 is 5.32 Å². The number of rotatable bonds is 2. The van der Waals surface area contributed by atoms with Crippen LogP contribution in [0.15, 0.2) is 35.0 Å². The first kappa shape index (κ1) is 16.6. The van der Waals surface area contributed by atoms with Crippen LogP contribution in [0.2, 0.25) is 0 Å². The topological polar surface area (TPSA) is 65.8 Å². The van der Waals surface area contributed by atoms with Gasteiger partial charge < -0.3 is 14.2 Å². The molecule has 2 aliphatic rings. The van der Waals surface area contributed by atoms with E-state index >= 15 is 0 Å². The summed E-state index contributed by atoms with van der Waals surface area (Å²) in [5.41, 5.74) is 0. The highest BCUT2D eigenvalue weighted by Crippen LogP contribution is 2.11. The van der Waals surface area contributed by atoms with Crippen LogP contribution in [-0.4, -0.2) is 60.4 Å². The van der Waals surface area contributed by atoms with Gasteiger partial charge in [-0.25, -0.2) is 0 Å². The molecule has 2 aliphatic heterocycles. The van der Waals surface area contributed by atoms with Gasteiger partial charge in [0.15, 0.2) is 5.76 Å². The van der Waals surface area contributed by atoms with Crippen LogP contribution in [0.25, 0.3) is 0 Å². The van der Waals surface area contributed by atoms with Gasteiger partial charge in [0.25, 0.3) is 5.91 Å².